The van der Waals surface area contributed by atoms with Crippen LogP contribution >= 0.6 is 23.2 Å². The summed E-state index contributed by atoms with van der Waals surface area (Å²) in [6.07, 6.45) is 5.01. The molecular weight excluding hydrogens is 475 g/mol. The molecule has 0 atom stereocenters. The molecular formula is C24H30Cl2N6O2. The number of aromatic nitrogens is 3. The average molecular weight is 505 g/mol. The van der Waals surface area contributed by atoms with Gasteiger partial charge in [-0.05, 0) is 38.6 Å². The molecule has 0 bridgehead atoms. The second-order valence-corrected chi connectivity index (χ2v) is 9.40. The van der Waals surface area contributed by atoms with Crippen LogP contribution in [0.3, 0.4) is 0 Å². The van der Waals surface area contributed by atoms with Gasteiger partial charge in [-0.3, -0.25) is 14.3 Å². The summed E-state index contributed by atoms with van der Waals surface area (Å²) in [5.41, 5.74) is 4.56. The highest BCUT2D eigenvalue weighted by atomic mass is 35.5. The van der Waals surface area contributed by atoms with Gasteiger partial charge in [-0.25, -0.2) is 0 Å². The molecule has 3 N–H and O–H groups in total. The molecule has 0 aliphatic carbocycles. The van der Waals surface area contributed by atoms with Gasteiger partial charge in [-0.15, -0.1) is 0 Å². The number of rotatable bonds is 9. The van der Waals surface area contributed by atoms with E-state index < -0.39 is 0 Å². The highest BCUT2D eigenvalue weighted by molar-refractivity contribution is 6.45. The lowest BCUT2D eigenvalue weighted by molar-refractivity contribution is -0.129. The zero-order chi connectivity index (χ0) is 24.2. The number of halogens is 2. The Balaban J connectivity index is 1.52. The summed E-state index contributed by atoms with van der Waals surface area (Å²) in [6, 6.07) is 3.77. The molecule has 0 fully saturated rings. The third-order valence-electron chi connectivity index (χ3n) is 6.25. The van der Waals surface area contributed by atoms with E-state index >= 15 is 0 Å². The zero-order valence-corrected chi connectivity index (χ0v) is 21.0. The molecule has 0 saturated carbocycles. The van der Waals surface area contributed by atoms with E-state index in [9.17, 15) is 9.59 Å². The topological polar surface area (TPSA) is 95.0 Å². The molecule has 1 aromatic carbocycles. The van der Waals surface area contributed by atoms with Crippen LogP contribution in [0.25, 0.3) is 22.2 Å². The van der Waals surface area contributed by atoms with Crippen LogP contribution in [0, 0.1) is 0 Å². The van der Waals surface area contributed by atoms with Gasteiger partial charge in [0.05, 0.1) is 27.8 Å². The zero-order valence-electron chi connectivity index (χ0n) is 19.5. The Hall–Kier alpha value is -2.55. The Morgan fingerprint density at radius 3 is 2.82 bits per heavy atom. The minimum absolute atomic E-state index is 0.0509. The SMILES string of the molecule is CNCCCCC(=O)NCCn1ccc(-c2cc(Cl)c(Cl)c3[nH]c4c(c23)CN(C(C)=O)CC4)n1. The molecule has 2 amide bonds. The van der Waals surface area contributed by atoms with Crippen molar-refractivity contribution in [1.82, 2.24) is 30.3 Å². The third kappa shape index (κ3) is 5.24. The Labute approximate surface area is 209 Å². The van der Waals surface area contributed by atoms with Gasteiger partial charge in [0, 0.05) is 67.8 Å². The van der Waals surface area contributed by atoms with Crippen molar-refractivity contribution in [2.24, 2.45) is 0 Å². The van der Waals surface area contributed by atoms with Crippen molar-refractivity contribution in [1.29, 1.82) is 0 Å². The van der Waals surface area contributed by atoms with Crippen LogP contribution in [-0.2, 0) is 29.1 Å². The van der Waals surface area contributed by atoms with Gasteiger partial charge in [0.15, 0.2) is 0 Å². The van der Waals surface area contributed by atoms with Gasteiger partial charge in [-0.1, -0.05) is 23.2 Å². The fraction of sp³-hybridized carbons (Fsp3) is 0.458. The van der Waals surface area contributed by atoms with E-state index in [4.69, 9.17) is 28.3 Å². The normalized spacial score (nSPS) is 13.4. The number of H-pyrrole nitrogens is 1. The maximum absolute atomic E-state index is 12.0. The summed E-state index contributed by atoms with van der Waals surface area (Å²) in [7, 11) is 1.91. The first kappa shape index (κ1) is 24.6. The number of benzene rings is 1. The number of aromatic amines is 1. The quantitative estimate of drug-likeness (QED) is 0.386. The minimum Gasteiger partial charge on any atom is -0.357 e. The summed E-state index contributed by atoms with van der Waals surface area (Å²) in [4.78, 5) is 29.3. The van der Waals surface area contributed by atoms with E-state index in [2.05, 4.69) is 15.6 Å². The van der Waals surface area contributed by atoms with Crippen LogP contribution in [0.15, 0.2) is 18.3 Å². The molecule has 0 saturated heterocycles. The number of nitrogens with one attached hydrogen (secondary N) is 3. The van der Waals surface area contributed by atoms with E-state index in [1.807, 2.05) is 35.0 Å². The van der Waals surface area contributed by atoms with Gasteiger partial charge in [0.25, 0.3) is 0 Å². The van der Waals surface area contributed by atoms with E-state index in [0.717, 1.165) is 59.2 Å². The lowest BCUT2D eigenvalue weighted by Gasteiger charge is -2.26. The van der Waals surface area contributed by atoms with Crippen LogP contribution < -0.4 is 10.6 Å². The molecule has 3 aromatic rings. The van der Waals surface area contributed by atoms with Gasteiger partial charge >= 0.3 is 0 Å². The van der Waals surface area contributed by atoms with Crippen LogP contribution in [0.5, 0.6) is 0 Å². The summed E-state index contributed by atoms with van der Waals surface area (Å²) < 4.78 is 1.81. The Morgan fingerprint density at radius 2 is 2.06 bits per heavy atom. The highest BCUT2D eigenvalue weighted by Gasteiger charge is 2.26. The summed E-state index contributed by atoms with van der Waals surface area (Å²) in [6.45, 7) is 4.78. The number of carbonyl (C=O) groups is 2. The largest absolute Gasteiger partial charge is 0.357 e. The van der Waals surface area contributed by atoms with Gasteiger partial charge in [0.1, 0.15) is 0 Å². The van der Waals surface area contributed by atoms with Crippen molar-refractivity contribution in [3.63, 3.8) is 0 Å². The summed E-state index contributed by atoms with van der Waals surface area (Å²) in [5.74, 6) is 0.110. The first-order valence-corrected chi connectivity index (χ1v) is 12.4. The van der Waals surface area contributed by atoms with E-state index in [1.54, 1.807) is 6.92 Å². The van der Waals surface area contributed by atoms with Crippen molar-refractivity contribution in [3.05, 3.63) is 39.6 Å². The van der Waals surface area contributed by atoms with Crippen LogP contribution in [0.1, 0.15) is 37.4 Å². The molecule has 0 spiro atoms. The van der Waals surface area contributed by atoms with Gasteiger partial charge in [0.2, 0.25) is 11.8 Å². The predicted octanol–water partition coefficient (Wildman–Crippen LogP) is 3.75. The maximum atomic E-state index is 12.0. The van der Waals surface area contributed by atoms with Gasteiger partial charge < -0.3 is 20.5 Å². The van der Waals surface area contributed by atoms with Crippen LogP contribution in [0.4, 0.5) is 0 Å². The summed E-state index contributed by atoms with van der Waals surface area (Å²) in [5, 5.41) is 12.6. The standard InChI is InChI=1S/C24H30Cl2N6O2/c1-15(33)31-10-6-19-17(14-31)22-16(13-18(25)23(26)24(22)29-19)20-7-11-32(30-20)12-9-28-21(34)5-3-4-8-27-2/h7,11,13,27,29H,3-6,8-10,12,14H2,1-2H3,(H,28,34). The smallest absolute Gasteiger partial charge is 0.220 e. The first-order chi connectivity index (χ1) is 16.4. The monoisotopic (exact) mass is 504 g/mol. The third-order valence-corrected chi connectivity index (χ3v) is 7.04. The molecule has 34 heavy (non-hydrogen) atoms. The lowest BCUT2D eigenvalue weighted by atomic mass is 9.99. The van der Waals surface area contributed by atoms with E-state index in [-0.39, 0.29) is 11.8 Å². The predicted molar refractivity (Wildman–Crippen MR) is 135 cm³/mol. The van der Waals surface area contributed by atoms with Gasteiger partial charge in [-0.2, -0.15) is 5.10 Å². The molecule has 10 heteroatoms. The van der Waals surface area contributed by atoms with Crippen molar-refractivity contribution in [2.75, 3.05) is 26.7 Å². The fourth-order valence-electron chi connectivity index (χ4n) is 4.42. The van der Waals surface area contributed by atoms with Crippen molar-refractivity contribution < 1.29 is 9.59 Å². The molecule has 0 unspecified atom stereocenters. The molecule has 8 nitrogen and oxygen atoms in total. The van der Waals surface area contributed by atoms with E-state index in [1.165, 1.54) is 0 Å². The number of nitrogens with zero attached hydrogens (tertiary/aromatic N) is 3. The second kappa shape index (κ2) is 10.8. The number of hydrogen-bond donors (Lipinski definition) is 3. The van der Waals surface area contributed by atoms with Crippen molar-refractivity contribution >= 4 is 45.9 Å². The lowest BCUT2D eigenvalue weighted by Crippen LogP contribution is -2.33. The number of hydrogen-bond acceptors (Lipinski definition) is 4. The first-order valence-electron chi connectivity index (χ1n) is 11.6. The average Bonchev–Trinajstić information content (AvgIpc) is 3.44. The fourth-order valence-corrected chi connectivity index (χ4v) is 4.82. The Morgan fingerprint density at radius 1 is 1.24 bits per heavy atom. The summed E-state index contributed by atoms with van der Waals surface area (Å²) >= 11 is 13.0. The van der Waals surface area contributed by atoms with Crippen LogP contribution in [0.2, 0.25) is 10.0 Å². The Kier molecular flexibility index (Phi) is 7.80. The van der Waals surface area contributed by atoms with E-state index in [0.29, 0.717) is 42.6 Å². The Bertz CT molecular complexity index is 1200. The van der Waals surface area contributed by atoms with Crippen molar-refractivity contribution in [3.8, 4) is 11.3 Å². The maximum Gasteiger partial charge on any atom is 0.220 e. The number of unbranched alkanes of at least 4 members (excludes halogenated alkanes) is 1. The molecule has 2 aromatic heterocycles. The molecule has 0 radical (unpaired) electrons. The minimum atomic E-state index is 0.0509. The molecule has 3 heterocycles. The van der Waals surface area contributed by atoms with Crippen molar-refractivity contribution in [2.45, 2.75) is 45.7 Å². The number of amides is 2. The molecule has 182 valence electrons. The number of carbonyl (C=O) groups excluding carboxylic acids is 2. The van der Waals surface area contributed by atoms with Crippen LogP contribution in [-0.4, -0.2) is 58.2 Å². The highest BCUT2D eigenvalue weighted by Crippen LogP contribution is 2.41. The molecule has 1 aliphatic rings. The molecule has 1 aliphatic heterocycles. The number of fused-ring (bicyclic) bond motifs is 3. The second-order valence-electron chi connectivity index (χ2n) is 8.62. The molecule has 4 rings (SSSR count).